The van der Waals surface area contributed by atoms with Crippen LogP contribution in [0.5, 0.6) is 11.5 Å². The van der Waals surface area contributed by atoms with Gasteiger partial charge in [-0.3, -0.25) is 10.2 Å². The van der Waals surface area contributed by atoms with Crippen LogP contribution >= 0.6 is 0 Å². The van der Waals surface area contributed by atoms with Crippen molar-refractivity contribution in [1.82, 2.24) is 19.2 Å². The summed E-state index contributed by atoms with van der Waals surface area (Å²) in [6.07, 6.45) is 4.44. The molecule has 9 nitrogen and oxygen atoms in total. The molecule has 1 amide bonds. The molecule has 0 unspecified atom stereocenters. The van der Waals surface area contributed by atoms with E-state index in [1.165, 1.54) is 0 Å². The van der Waals surface area contributed by atoms with Crippen LogP contribution in [0.4, 0.5) is 0 Å². The highest BCUT2D eigenvalue weighted by Crippen LogP contribution is 2.36. The number of methoxy groups -OCH3 is 2. The van der Waals surface area contributed by atoms with Gasteiger partial charge in [0.15, 0.2) is 0 Å². The summed E-state index contributed by atoms with van der Waals surface area (Å²) in [6, 6.07) is 9.76. The van der Waals surface area contributed by atoms with Gasteiger partial charge in [-0.05, 0) is 66.8 Å². The number of hydrogen-bond donors (Lipinski definition) is 1. The van der Waals surface area contributed by atoms with Gasteiger partial charge in [-0.25, -0.2) is 0 Å². The molecule has 5 rings (SSSR count). The molecular formula is C28H31N5O4. The largest absolute Gasteiger partial charge is 0.497 e. The molecule has 0 saturated carbocycles. The molecule has 0 bridgehead atoms. The number of nitrogens with one attached hydrogen (secondary N) is 1. The van der Waals surface area contributed by atoms with Crippen LogP contribution in [0.25, 0.3) is 11.1 Å². The summed E-state index contributed by atoms with van der Waals surface area (Å²) >= 11 is 0. The molecule has 0 spiro atoms. The van der Waals surface area contributed by atoms with E-state index in [0.29, 0.717) is 48.7 Å². The van der Waals surface area contributed by atoms with Crippen LogP contribution in [0, 0.1) is 19.3 Å². The zero-order chi connectivity index (χ0) is 26.3. The van der Waals surface area contributed by atoms with Crippen molar-refractivity contribution in [2.75, 3.05) is 20.8 Å². The number of aryl methyl sites for hydroxylation is 3. The van der Waals surface area contributed by atoms with Crippen molar-refractivity contribution in [3.63, 3.8) is 0 Å². The molecule has 0 radical (unpaired) electrons. The second kappa shape index (κ2) is 9.65. The maximum atomic E-state index is 13.9. The average molecular weight is 502 g/mol. The Morgan fingerprint density at radius 2 is 1.65 bits per heavy atom. The van der Waals surface area contributed by atoms with Gasteiger partial charge in [-0.15, -0.1) is 0 Å². The van der Waals surface area contributed by atoms with E-state index in [-0.39, 0.29) is 5.91 Å². The maximum Gasteiger partial charge on any atom is 0.254 e. The molecule has 9 heteroatoms. The number of nitrogens with zero attached hydrogens (tertiary/aromatic N) is 4. The topological polar surface area (TPSA) is 98.5 Å². The molecule has 37 heavy (non-hydrogen) atoms. The third-order valence-electron chi connectivity index (χ3n) is 6.98. The van der Waals surface area contributed by atoms with E-state index in [0.717, 1.165) is 39.3 Å². The first-order chi connectivity index (χ1) is 17.8. The van der Waals surface area contributed by atoms with Gasteiger partial charge >= 0.3 is 0 Å². The van der Waals surface area contributed by atoms with E-state index in [1.54, 1.807) is 18.8 Å². The minimum absolute atomic E-state index is 0.0259. The van der Waals surface area contributed by atoms with Crippen molar-refractivity contribution < 1.29 is 18.8 Å². The zero-order valence-electron chi connectivity index (χ0n) is 21.8. The van der Waals surface area contributed by atoms with E-state index in [4.69, 9.17) is 19.4 Å². The molecule has 2 aromatic heterocycles. The number of carbonyl (C=O) groups is 1. The summed E-state index contributed by atoms with van der Waals surface area (Å²) in [5, 5.41) is 12.5. The number of fused-ring (bicyclic) bond motifs is 1. The number of benzene rings is 2. The SMILES string of the molecule is COc1cc(CN2CCc3c(cc(Cn4ccn(C)c4=N)cc3-c3c(C)noc3C)C2=O)cc(OC)c1. The second-order valence-electron chi connectivity index (χ2n) is 9.43. The lowest BCUT2D eigenvalue weighted by Gasteiger charge is -2.31. The second-order valence-corrected chi connectivity index (χ2v) is 9.43. The molecule has 3 heterocycles. The predicted octanol–water partition coefficient (Wildman–Crippen LogP) is 3.84. The normalized spacial score (nSPS) is 13.1. The Kier molecular flexibility index (Phi) is 6.37. The summed E-state index contributed by atoms with van der Waals surface area (Å²) in [5.41, 5.74) is 6.65. The number of imidazole rings is 1. The third-order valence-corrected chi connectivity index (χ3v) is 6.98. The lowest BCUT2D eigenvalue weighted by atomic mass is 9.87. The van der Waals surface area contributed by atoms with Crippen molar-refractivity contribution in [3.05, 3.63) is 82.1 Å². The highest BCUT2D eigenvalue weighted by atomic mass is 16.5. The Morgan fingerprint density at radius 3 is 2.24 bits per heavy atom. The summed E-state index contributed by atoms with van der Waals surface area (Å²) < 4.78 is 19.9. The van der Waals surface area contributed by atoms with Crippen molar-refractivity contribution in [3.8, 4) is 22.6 Å². The minimum Gasteiger partial charge on any atom is -0.497 e. The first-order valence-corrected chi connectivity index (χ1v) is 12.2. The fourth-order valence-corrected chi connectivity index (χ4v) is 5.07. The van der Waals surface area contributed by atoms with Gasteiger partial charge < -0.3 is 28.0 Å². The van der Waals surface area contributed by atoms with E-state index in [2.05, 4.69) is 11.2 Å². The van der Waals surface area contributed by atoms with Crippen LogP contribution in [0.1, 0.15) is 38.5 Å². The van der Waals surface area contributed by atoms with Gasteiger partial charge in [-0.1, -0.05) is 5.16 Å². The lowest BCUT2D eigenvalue weighted by molar-refractivity contribution is 0.0726. The number of aromatic nitrogens is 3. The minimum atomic E-state index is -0.0259. The summed E-state index contributed by atoms with van der Waals surface area (Å²) in [7, 11) is 5.08. The van der Waals surface area contributed by atoms with Gasteiger partial charge in [-0.2, -0.15) is 0 Å². The Balaban J connectivity index is 1.56. The highest BCUT2D eigenvalue weighted by Gasteiger charge is 2.29. The standard InChI is InChI=1S/C28H31N5O4/c1-17-26(18(2)37-30-17)24-12-20(16-33-9-8-31(3)28(33)29)13-25-23(24)6-7-32(27(25)34)15-19-10-21(35-4)14-22(11-19)36-5/h8-14,29H,6-7,15-16H2,1-5H3. The van der Waals surface area contributed by atoms with E-state index in [1.807, 2.05) is 67.0 Å². The number of rotatable bonds is 7. The first-order valence-electron chi connectivity index (χ1n) is 12.2. The predicted molar refractivity (Wildman–Crippen MR) is 138 cm³/mol. The van der Waals surface area contributed by atoms with Crippen LogP contribution in [-0.2, 0) is 26.6 Å². The van der Waals surface area contributed by atoms with E-state index < -0.39 is 0 Å². The molecule has 4 aromatic rings. The smallest absolute Gasteiger partial charge is 0.254 e. The van der Waals surface area contributed by atoms with Crippen molar-refractivity contribution in [2.24, 2.45) is 7.05 Å². The molecule has 192 valence electrons. The lowest BCUT2D eigenvalue weighted by Crippen LogP contribution is -2.37. The van der Waals surface area contributed by atoms with Crippen molar-refractivity contribution in [2.45, 2.75) is 33.4 Å². The monoisotopic (exact) mass is 501 g/mol. The molecule has 1 aliphatic rings. The summed E-state index contributed by atoms with van der Waals surface area (Å²) in [5.74, 6) is 2.08. The number of hydrogen-bond acceptors (Lipinski definition) is 6. The average Bonchev–Trinajstić information content (AvgIpc) is 3.40. The molecule has 0 saturated heterocycles. The Morgan fingerprint density at radius 1 is 0.973 bits per heavy atom. The fourth-order valence-electron chi connectivity index (χ4n) is 5.07. The van der Waals surface area contributed by atoms with Crippen molar-refractivity contribution >= 4 is 5.91 Å². The van der Waals surface area contributed by atoms with E-state index in [9.17, 15) is 4.79 Å². The quantitative estimate of drug-likeness (QED) is 0.415. The third kappa shape index (κ3) is 4.52. The van der Waals surface area contributed by atoms with Gasteiger partial charge in [0.2, 0.25) is 5.62 Å². The first kappa shape index (κ1) is 24.4. The molecule has 0 atom stereocenters. The Bertz CT molecular complexity index is 1500. The van der Waals surface area contributed by atoms with Crippen molar-refractivity contribution in [1.29, 1.82) is 5.41 Å². The van der Waals surface area contributed by atoms with Gasteiger partial charge in [0, 0.05) is 49.7 Å². The summed E-state index contributed by atoms with van der Waals surface area (Å²) in [4.78, 5) is 15.7. The Labute approximate surface area is 215 Å². The fraction of sp³-hybridized carbons (Fsp3) is 0.321. The van der Waals surface area contributed by atoms with Crippen LogP contribution in [0.3, 0.4) is 0 Å². The molecule has 1 N–H and O–H groups in total. The number of ether oxygens (including phenoxy) is 2. The molecule has 0 aliphatic carbocycles. The Hall–Kier alpha value is -4.27. The summed E-state index contributed by atoms with van der Waals surface area (Å²) in [6.45, 7) is 5.33. The molecular weight excluding hydrogens is 470 g/mol. The maximum absolute atomic E-state index is 13.9. The van der Waals surface area contributed by atoms with Gasteiger partial charge in [0.05, 0.1) is 26.5 Å². The van der Waals surface area contributed by atoms with Crippen LogP contribution in [0.15, 0.2) is 47.2 Å². The molecule has 2 aromatic carbocycles. The highest BCUT2D eigenvalue weighted by molar-refractivity contribution is 5.99. The van der Waals surface area contributed by atoms with Crippen LogP contribution < -0.4 is 15.1 Å². The van der Waals surface area contributed by atoms with Gasteiger partial charge in [0.1, 0.15) is 17.3 Å². The van der Waals surface area contributed by atoms with Crippen LogP contribution in [-0.4, -0.2) is 45.9 Å². The van der Waals surface area contributed by atoms with Crippen LogP contribution in [0.2, 0.25) is 0 Å². The number of amides is 1. The van der Waals surface area contributed by atoms with E-state index >= 15 is 0 Å². The van der Waals surface area contributed by atoms with Gasteiger partial charge in [0.25, 0.3) is 5.91 Å². The number of carbonyl (C=O) groups excluding carboxylic acids is 1. The molecule has 1 aliphatic heterocycles. The molecule has 0 fully saturated rings. The zero-order valence-corrected chi connectivity index (χ0v) is 21.8.